The monoisotopic (exact) mass is 540 g/mol. The number of carbonyl (C=O) groups is 2. The molecule has 9 nitrogen and oxygen atoms in total. The first kappa shape index (κ1) is 26.9. The van der Waals surface area contributed by atoms with Crippen molar-refractivity contribution in [1.82, 2.24) is 14.1 Å². The molecule has 0 bridgehead atoms. The van der Waals surface area contributed by atoms with E-state index >= 15 is 0 Å². The largest absolute Gasteiger partial charge is 0.465 e. The Hall–Kier alpha value is -2.66. The first-order valence-corrected chi connectivity index (χ1v) is 13.0. The molecule has 0 aliphatic carbocycles. The summed E-state index contributed by atoms with van der Waals surface area (Å²) >= 11 is 12.0. The van der Waals surface area contributed by atoms with Crippen molar-refractivity contribution < 1.29 is 23.1 Å². The van der Waals surface area contributed by atoms with Crippen LogP contribution >= 0.6 is 23.2 Å². The van der Waals surface area contributed by atoms with Crippen LogP contribution in [-0.2, 0) is 21.2 Å². The third-order valence-corrected chi connectivity index (χ3v) is 8.52. The SMILES string of the molecule is CN(CCc1ccc(C2=NCCN2C(=O)O)cc1)C(=O)CCN(C)S(=O)(=O)c1cccc(Cl)c1Cl. The zero-order valence-corrected chi connectivity index (χ0v) is 21.6. The van der Waals surface area contributed by atoms with Crippen LogP contribution in [0, 0.1) is 0 Å². The molecule has 0 saturated heterocycles. The molecule has 35 heavy (non-hydrogen) atoms. The predicted octanol–water partition coefficient (Wildman–Crippen LogP) is 3.45. The predicted molar refractivity (Wildman–Crippen MR) is 135 cm³/mol. The molecule has 2 aromatic carbocycles. The van der Waals surface area contributed by atoms with Crippen LogP contribution in [0.4, 0.5) is 4.79 Å². The number of halogens is 2. The van der Waals surface area contributed by atoms with Gasteiger partial charge in [-0.1, -0.05) is 53.5 Å². The Bertz CT molecular complexity index is 1230. The number of rotatable bonds is 9. The maximum atomic E-state index is 12.8. The number of hydrogen-bond acceptors (Lipinski definition) is 5. The third-order valence-electron chi connectivity index (χ3n) is 5.69. The molecule has 0 aromatic heterocycles. The normalized spacial score (nSPS) is 13.7. The Labute approximate surface area is 214 Å². The molecule has 1 heterocycles. The van der Waals surface area contributed by atoms with Crippen LogP contribution in [0.1, 0.15) is 17.5 Å². The molecule has 188 valence electrons. The summed E-state index contributed by atoms with van der Waals surface area (Å²) in [4.78, 5) is 30.8. The van der Waals surface area contributed by atoms with Gasteiger partial charge in [0.2, 0.25) is 15.9 Å². The summed E-state index contributed by atoms with van der Waals surface area (Å²) in [5.74, 6) is 0.243. The standard InChI is InChI=1S/C23H26Cl2N4O5S/c1-27(13-10-16-6-8-17(9-7-16)22-26-12-15-29(22)23(31)32)20(30)11-14-28(2)35(33,34)19-5-3-4-18(24)21(19)25/h3-9H,10-15H2,1-2H3,(H,31,32). The average molecular weight is 541 g/mol. The van der Waals surface area contributed by atoms with Gasteiger partial charge in [0, 0.05) is 39.2 Å². The fourth-order valence-corrected chi connectivity index (χ4v) is 5.44. The lowest BCUT2D eigenvalue weighted by molar-refractivity contribution is -0.129. The van der Waals surface area contributed by atoms with Crippen molar-refractivity contribution in [1.29, 1.82) is 0 Å². The van der Waals surface area contributed by atoms with Gasteiger partial charge in [-0.05, 0) is 24.1 Å². The molecule has 0 saturated carbocycles. The first-order valence-electron chi connectivity index (χ1n) is 10.8. The molecule has 1 N–H and O–H groups in total. The number of likely N-dealkylation sites (N-methyl/N-ethyl adjacent to an activating group) is 1. The molecule has 2 amide bonds. The van der Waals surface area contributed by atoms with Gasteiger partial charge >= 0.3 is 6.09 Å². The van der Waals surface area contributed by atoms with E-state index in [4.69, 9.17) is 23.2 Å². The fourth-order valence-electron chi connectivity index (χ4n) is 3.54. The minimum atomic E-state index is -3.89. The highest BCUT2D eigenvalue weighted by molar-refractivity contribution is 7.89. The number of carboxylic acid groups (broad SMARTS) is 1. The number of amidine groups is 1. The van der Waals surface area contributed by atoms with E-state index in [1.807, 2.05) is 24.3 Å². The van der Waals surface area contributed by atoms with Gasteiger partial charge in [-0.2, -0.15) is 0 Å². The summed E-state index contributed by atoms with van der Waals surface area (Å²) in [5.41, 5.74) is 1.70. The molecule has 12 heteroatoms. The summed E-state index contributed by atoms with van der Waals surface area (Å²) in [7, 11) is -0.839. The van der Waals surface area contributed by atoms with Crippen molar-refractivity contribution in [3.8, 4) is 0 Å². The Morgan fingerprint density at radius 2 is 1.77 bits per heavy atom. The van der Waals surface area contributed by atoms with Gasteiger partial charge in [0.25, 0.3) is 0 Å². The van der Waals surface area contributed by atoms with Gasteiger partial charge in [0.1, 0.15) is 10.7 Å². The Kier molecular flexibility index (Phi) is 8.76. The van der Waals surface area contributed by atoms with Crippen LogP contribution in [0.25, 0.3) is 0 Å². The molecule has 0 radical (unpaired) electrons. The zero-order chi connectivity index (χ0) is 25.8. The second kappa shape index (κ2) is 11.4. The van der Waals surface area contributed by atoms with Gasteiger partial charge in [-0.15, -0.1) is 0 Å². The molecule has 3 rings (SSSR count). The summed E-state index contributed by atoms with van der Waals surface area (Å²) < 4.78 is 26.7. The highest BCUT2D eigenvalue weighted by Gasteiger charge is 2.26. The molecular weight excluding hydrogens is 515 g/mol. The van der Waals surface area contributed by atoms with E-state index < -0.39 is 16.1 Å². The Balaban J connectivity index is 1.52. The van der Waals surface area contributed by atoms with Gasteiger partial charge in [0.15, 0.2) is 0 Å². The summed E-state index contributed by atoms with van der Waals surface area (Å²) in [6, 6.07) is 11.8. The third kappa shape index (κ3) is 6.32. The van der Waals surface area contributed by atoms with Gasteiger partial charge in [-0.3, -0.25) is 14.7 Å². The number of hydrogen-bond donors (Lipinski definition) is 1. The van der Waals surface area contributed by atoms with Gasteiger partial charge in [0.05, 0.1) is 23.1 Å². The fraction of sp³-hybridized carbons (Fsp3) is 0.348. The quantitative estimate of drug-likeness (QED) is 0.523. The van der Waals surface area contributed by atoms with Crippen LogP contribution in [-0.4, -0.2) is 85.7 Å². The van der Waals surface area contributed by atoms with Crippen molar-refractivity contribution in [2.75, 3.05) is 40.3 Å². The second-order valence-corrected chi connectivity index (χ2v) is 10.8. The maximum Gasteiger partial charge on any atom is 0.413 e. The summed E-state index contributed by atoms with van der Waals surface area (Å²) in [6.45, 7) is 1.23. The number of nitrogens with zero attached hydrogens (tertiary/aromatic N) is 4. The van der Waals surface area contributed by atoms with Crippen LogP contribution in [0.15, 0.2) is 52.4 Å². The van der Waals surface area contributed by atoms with Crippen molar-refractivity contribution in [3.63, 3.8) is 0 Å². The molecule has 1 aliphatic rings. The smallest absolute Gasteiger partial charge is 0.413 e. The lowest BCUT2D eigenvalue weighted by Crippen LogP contribution is -2.34. The van der Waals surface area contributed by atoms with Crippen molar-refractivity contribution in [2.24, 2.45) is 4.99 Å². The lowest BCUT2D eigenvalue weighted by atomic mass is 10.1. The highest BCUT2D eigenvalue weighted by atomic mass is 35.5. The topological polar surface area (TPSA) is 111 Å². The van der Waals surface area contributed by atoms with E-state index in [2.05, 4.69) is 4.99 Å². The van der Waals surface area contributed by atoms with Crippen LogP contribution in [0.3, 0.4) is 0 Å². The lowest BCUT2D eigenvalue weighted by Gasteiger charge is -2.21. The first-order chi connectivity index (χ1) is 16.5. The number of benzene rings is 2. The maximum absolute atomic E-state index is 12.8. The van der Waals surface area contributed by atoms with E-state index in [1.165, 1.54) is 30.1 Å². The van der Waals surface area contributed by atoms with Crippen molar-refractivity contribution in [2.45, 2.75) is 17.7 Å². The van der Waals surface area contributed by atoms with Gasteiger partial charge < -0.3 is 10.0 Å². The van der Waals surface area contributed by atoms with Crippen molar-refractivity contribution in [3.05, 3.63) is 63.6 Å². The summed E-state index contributed by atoms with van der Waals surface area (Å²) in [6.07, 6.45) is -0.433. The van der Waals surface area contributed by atoms with Crippen molar-refractivity contribution >= 4 is 51.1 Å². The van der Waals surface area contributed by atoms with Crippen LogP contribution in [0.2, 0.25) is 10.0 Å². The number of aliphatic imine (C=N–C) groups is 1. The Morgan fingerprint density at radius 1 is 1.09 bits per heavy atom. The molecule has 0 unspecified atom stereocenters. The van der Waals surface area contributed by atoms with E-state index in [0.29, 0.717) is 31.9 Å². The molecule has 0 spiro atoms. The van der Waals surface area contributed by atoms with E-state index in [9.17, 15) is 23.1 Å². The average Bonchev–Trinajstić information content (AvgIpc) is 3.33. The number of sulfonamides is 1. The zero-order valence-electron chi connectivity index (χ0n) is 19.3. The number of amides is 2. The second-order valence-electron chi connectivity index (χ2n) is 8.03. The molecule has 0 fully saturated rings. The van der Waals surface area contributed by atoms with Crippen LogP contribution < -0.4 is 0 Å². The highest BCUT2D eigenvalue weighted by Crippen LogP contribution is 2.30. The molecule has 0 atom stereocenters. The summed E-state index contributed by atoms with van der Waals surface area (Å²) in [5, 5.41) is 9.35. The van der Waals surface area contributed by atoms with E-state index in [1.54, 1.807) is 11.9 Å². The minimum Gasteiger partial charge on any atom is -0.465 e. The number of carbonyl (C=O) groups excluding carboxylic acids is 1. The molecular formula is C23H26Cl2N4O5S. The Morgan fingerprint density at radius 3 is 2.43 bits per heavy atom. The molecule has 2 aromatic rings. The molecule has 1 aliphatic heterocycles. The van der Waals surface area contributed by atoms with E-state index in [-0.39, 0.29) is 33.8 Å². The van der Waals surface area contributed by atoms with Gasteiger partial charge in [-0.25, -0.2) is 17.5 Å². The van der Waals surface area contributed by atoms with Crippen LogP contribution in [0.5, 0.6) is 0 Å². The van der Waals surface area contributed by atoms with E-state index in [0.717, 1.165) is 15.4 Å². The minimum absolute atomic E-state index is 0.00813.